The minimum absolute atomic E-state index is 0.0185. The van der Waals surface area contributed by atoms with Crippen LogP contribution in [0.25, 0.3) is 0 Å². The third kappa shape index (κ3) is 2.76. The van der Waals surface area contributed by atoms with Crippen LogP contribution < -0.4 is 5.32 Å². The van der Waals surface area contributed by atoms with Gasteiger partial charge in [0.25, 0.3) is 5.69 Å². The topological polar surface area (TPSA) is 71.0 Å². The van der Waals surface area contributed by atoms with E-state index in [-0.39, 0.29) is 5.69 Å². The Bertz CT molecular complexity index is 526. The van der Waals surface area contributed by atoms with Crippen molar-refractivity contribution in [1.82, 2.24) is 4.98 Å². The van der Waals surface area contributed by atoms with Crippen molar-refractivity contribution < 1.29 is 4.92 Å². The fourth-order valence-corrected chi connectivity index (χ4v) is 1.65. The highest BCUT2D eigenvalue weighted by atomic mass is 35.5. The van der Waals surface area contributed by atoms with E-state index in [1.165, 1.54) is 12.1 Å². The Morgan fingerprint density at radius 2 is 2.24 bits per heavy atom. The summed E-state index contributed by atoms with van der Waals surface area (Å²) in [7, 11) is 0. The Morgan fingerprint density at radius 1 is 1.41 bits per heavy atom. The first kappa shape index (κ1) is 11.5. The average molecular weight is 252 g/mol. The van der Waals surface area contributed by atoms with Gasteiger partial charge in [-0.05, 0) is 23.8 Å². The van der Waals surface area contributed by atoms with Gasteiger partial charge in [-0.25, -0.2) is 0 Å². The van der Waals surface area contributed by atoms with E-state index in [1.807, 2.05) is 12.3 Å². The van der Waals surface area contributed by atoms with Crippen molar-refractivity contribution in [2.24, 2.45) is 0 Å². The van der Waals surface area contributed by atoms with Gasteiger partial charge in [0.05, 0.1) is 4.92 Å². The maximum atomic E-state index is 10.8. The van der Waals surface area contributed by atoms with Crippen LogP contribution in [0.4, 0.5) is 11.4 Å². The van der Waals surface area contributed by atoms with Gasteiger partial charge in [0.15, 0.2) is 0 Å². The number of hydrogen-bond donors (Lipinski definition) is 2. The second-order valence-electron chi connectivity index (χ2n) is 3.49. The van der Waals surface area contributed by atoms with Crippen LogP contribution in [0.5, 0.6) is 0 Å². The molecule has 2 rings (SSSR count). The molecular weight excluding hydrogens is 242 g/mol. The second kappa shape index (κ2) is 4.88. The molecule has 0 fully saturated rings. The fraction of sp³-hybridized carbons (Fsp3) is 0.0909. The minimum Gasteiger partial charge on any atom is -0.375 e. The molecule has 17 heavy (non-hydrogen) atoms. The Kier molecular flexibility index (Phi) is 3.30. The molecule has 0 unspecified atom stereocenters. The largest absolute Gasteiger partial charge is 0.375 e. The Morgan fingerprint density at radius 3 is 2.88 bits per heavy atom. The highest BCUT2D eigenvalue weighted by molar-refractivity contribution is 6.31. The molecule has 1 heterocycles. The maximum absolute atomic E-state index is 10.8. The highest BCUT2D eigenvalue weighted by Gasteiger charge is 2.13. The van der Waals surface area contributed by atoms with E-state index in [4.69, 9.17) is 11.6 Å². The molecule has 0 spiro atoms. The number of aromatic amines is 1. The normalized spacial score (nSPS) is 10.2. The molecule has 88 valence electrons. The Labute approximate surface area is 103 Å². The molecule has 1 aromatic carbocycles. The number of aromatic nitrogens is 1. The van der Waals surface area contributed by atoms with Gasteiger partial charge in [-0.2, -0.15) is 0 Å². The summed E-state index contributed by atoms with van der Waals surface area (Å²) in [5.41, 5.74) is 1.45. The number of nitro groups is 1. The van der Waals surface area contributed by atoms with Crippen LogP contribution in [0.1, 0.15) is 5.56 Å². The summed E-state index contributed by atoms with van der Waals surface area (Å²) >= 11 is 5.81. The van der Waals surface area contributed by atoms with E-state index in [0.29, 0.717) is 17.3 Å². The van der Waals surface area contributed by atoms with E-state index in [1.54, 1.807) is 12.3 Å². The van der Waals surface area contributed by atoms with Crippen LogP contribution in [-0.2, 0) is 6.54 Å². The number of hydrogen-bond acceptors (Lipinski definition) is 3. The lowest BCUT2D eigenvalue weighted by Crippen LogP contribution is -2.01. The molecule has 0 aliphatic heterocycles. The summed E-state index contributed by atoms with van der Waals surface area (Å²) in [6.45, 7) is 0.505. The van der Waals surface area contributed by atoms with Crippen LogP contribution in [0.15, 0.2) is 36.7 Å². The highest BCUT2D eigenvalue weighted by Crippen LogP contribution is 2.27. The van der Waals surface area contributed by atoms with E-state index < -0.39 is 4.92 Å². The van der Waals surface area contributed by atoms with Crippen LogP contribution >= 0.6 is 11.6 Å². The van der Waals surface area contributed by atoms with Crippen LogP contribution in [-0.4, -0.2) is 9.91 Å². The van der Waals surface area contributed by atoms with Crippen LogP contribution in [0.3, 0.4) is 0 Å². The molecule has 6 heteroatoms. The number of anilines is 1. The van der Waals surface area contributed by atoms with Crippen molar-refractivity contribution in [3.8, 4) is 0 Å². The number of nitro benzene ring substituents is 1. The van der Waals surface area contributed by atoms with Crippen molar-refractivity contribution in [2.75, 3.05) is 5.32 Å². The summed E-state index contributed by atoms with van der Waals surface area (Å²) in [6, 6.07) is 6.33. The van der Waals surface area contributed by atoms with Gasteiger partial charge in [0.2, 0.25) is 0 Å². The lowest BCUT2D eigenvalue weighted by atomic mass is 10.2. The van der Waals surface area contributed by atoms with Gasteiger partial charge >= 0.3 is 0 Å². The number of halogens is 1. The molecule has 0 saturated carbocycles. The SMILES string of the molecule is O=[N+]([O-])c1ccc(Cl)cc1NCc1cc[nH]c1. The molecule has 0 bridgehead atoms. The zero-order valence-corrected chi connectivity index (χ0v) is 9.57. The smallest absolute Gasteiger partial charge is 0.292 e. The minimum atomic E-state index is -0.435. The summed E-state index contributed by atoms with van der Waals surface area (Å²) in [6.07, 6.45) is 3.62. The van der Waals surface area contributed by atoms with Crippen molar-refractivity contribution >= 4 is 23.0 Å². The van der Waals surface area contributed by atoms with E-state index in [9.17, 15) is 10.1 Å². The van der Waals surface area contributed by atoms with Crippen molar-refractivity contribution in [2.45, 2.75) is 6.54 Å². The molecule has 0 aliphatic carbocycles. The molecule has 0 saturated heterocycles. The first-order valence-electron chi connectivity index (χ1n) is 4.96. The maximum Gasteiger partial charge on any atom is 0.292 e. The number of benzene rings is 1. The molecular formula is C11H10ClN3O2. The standard InChI is InChI=1S/C11H10ClN3O2/c12-9-1-2-11(15(16)17)10(5-9)14-7-8-3-4-13-6-8/h1-6,13-14H,7H2. The van der Waals surface area contributed by atoms with Gasteiger partial charge in [-0.1, -0.05) is 11.6 Å². The molecule has 2 N–H and O–H groups in total. The number of nitrogens with zero attached hydrogens (tertiary/aromatic N) is 1. The molecule has 5 nitrogen and oxygen atoms in total. The summed E-state index contributed by atoms with van der Waals surface area (Å²) in [5, 5.41) is 14.3. The summed E-state index contributed by atoms with van der Waals surface area (Å²) in [4.78, 5) is 13.3. The van der Waals surface area contributed by atoms with Gasteiger partial charge in [-0.3, -0.25) is 10.1 Å². The van der Waals surface area contributed by atoms with E-state index in [0.717, 1.165) is 5.56 Å². The van der Waals surface area contributed by atoms with Crippen LogP contribution in [0, 0.1) is 10.1 Å². The molecule has 0 amide bonds. The molecule has 2 aromatic rings. The second-order valence-corrected chi connectivity index (χ2v) is 3.93. The first-order valence-corrected chi connectivity index (χ1v) is 5.34. The van der Waals surface area contributed by atoms with Crippen molar-refractivity contribution in [1.29, 1.82) is 0 Å². The van der Waals surface area contributed by atoms with Gasteiger partial charge in [0.1, 0.15) is 5.69 Å². The van der Waals surface area contributed by atoms with E-state index >= 15 is 0 Å². The molecule has 0 aliphatic rings. The van der Waals surface area contributed by atoms with Gasteiger partial charge < -0.3 is 10.3 Å². The predicted molar refractivity (Wildman–Crippen MR) is 66.2 cm³/mol. The van der Waals surface area contributed by atoms with Crippen LogP contribution in [0.2, 0.25) is 5.02 Å². The van der Waals surface area contributed by atoms with Crippen molar-refractivity contribution in [3.05, 3.63) is 57.4 Å². The van der Waals surface area contributed by atoms with E-state index in [2.05, 4.69) is 10.3 Å². The number of H-pyrrole nitrogens is 1. The molecule has 0 atom stereocenters. The quantitative estimate of drug-likeness (QED) is 0.648. The number of nitrogens with one attached hydrogen (secondary N) is 2. The van der Waals surface area contributed by atoms with Crippen molar-refractivity contribution in [3.63, 3.8) is 0 Å². The Balaban J connectivity index is 2.19. The lowest BCUT2D eigenvalue weighted by Gasteiger charge is -2.06. The zero-order valence-electron chi connectivity index (χ0n) is 8.81. The first-order chi connectivity index (χ1) is 8.16. The third-order valence-corrected chi connectivity index (χ3v) is 2.54. The summed E-state index contributed by atoms with van der Waals surface area (Å²) < 4.78 is 0. The number of rotatable bonds is 4. The monoisotopic (exact) mass is 251 g/mol. The predicted octanol–water partition coefficient (Wildman–Crippen LogP) is 3.19. The third-order valence-electron chi connectivity index (χ3n) is 2.30. The molecule has 0 radical (unpaired) electrons. The van der Waals surface area contributed by atoms with Gasteiger partial charge in [-0.15, -0.1) is 0 Å². The lowest BCUT2D eigenvalue weighted by molar-refractivity contribution is -0.384. The van der Waals surface area contributed by atoms with Gasteiger partial charge in [0, 0.05) is 30.0 Å². The average Bonchev–Trinajstić information content (AvgIpc) is 2.78. The zero-order chi connectivity index (χ0) is 12.3. The Hall–Kier alpha value is -2.01. The summed E-state index contributed by atoms with van der Waals surface area (Å²) in [5.74, 6) is 0. The fourth-order valence-electron chi connectivity index (χ4n) is 1.47. The molecule has 1 aromatic heterocycles.